The number of hydrogen-bond acceptors (Lipinski definition) is 2. The first kappa shape index (κ1) is 5.03. The predicted octanol–water partition coefficient (Wildman–Crippen LogP) is 0.436. The van der Waals surface area contributed by atoms with Gasteiger partial charge in [-0.05, 0) is 0 Å². The molecule has 0 aromatic carbocycles. The van der Waals surface area contributed by atoms with Crippen LogP contribution in [-0.2, 0) is 7.05 Å². The van der Waals surface area contributed by atoms with Gasteiger partial charge in [0.2, 0.25) is 0 Å². The summed E-state index contributed by atoms with van der Waals surface area (Å²) >= 11 is 0. The lowest BCUT2D eigenvalue weighted by Gasteiger charge is -1.79. The highest BCUT2D eigenvalue weighted by atomic mass is 16.3. The van der Waals surface area contributed by atoms with Crippen LogP contribution in [0.3, 0.4) is 0 Å². The molecular formula is C5H7NO2. The van der Waals surface area contributed by atoms with E-state index in [0.717, 1.165) is 0 Å². The molecule has 0 fully saturated rings. The standard InChI is InChI=1S/C5H7NO2/c1-6-2-4(7)5(8)3-6/h2-3,7-8H,1H3. The van der Waals surface area contributed by atoms with Gasteiger partial charge < -0.3 is 14.8 Å². The second-order valence-electron chi connectivity index (χ2n) is 1.69. The van der Waals surface area contributed by atoms with E-state index in [9.17, 15) is 0 Å². The van der Waals surface area contributed by atoms with Crippen molar-refractivity contribution in [3.05, 3.63) is 12.4 Å². The molecule has 1 aromatic rings. The Hall–Kier alpha value is -1.12. The first-order chi connectivity index (χ1) is 3.70. The fourth-order valence-electron chi connectivity index (χ4n) is 0.555. The highest BCUT2D eigenvalue weighted by Gasteiger charge is 1.97. The number of aromatic nitrogens is 1. The monoisotopic (exact) mass is 113 g/mol. The van der Waals surface area contributed by atoms with Crippen molar-refractivity contribution in [2.24, 2.45) is 7.05 Å². The summed E-state index contributed by atoms with van der Waals surface area (Å²) in [6.45, 7) is 0. The molecule has 0 amide bonds. The summed E-state index contributed by atoms with van der Waals surface area (Å²) in [5.74, 6) is -0.153. The summed E-state index contributed by atoms with van der Waals surface area (Å²) in [4.78, 5) is 0. The second-order valence-corrected chi connectivity index (χ2v) is 1.69. The SMILES string of the molecule is Cn1cc(O)c(O)c1. The molecule has 3 heteroatoms. The van der Waals surface area contributed by atoms with E-state index < -0.39 is 0 Å². The Morgan fingerprint density at radius 3 is 1.75 bits per heavy atom. The van der Waals surface area contributed by atoms with E-state index >= 15 is 0 Å². The van der Waals surface area contributed by atoms with Gasteiger partial charge in [0.05, 0.1) is 0 Å². The Kier molecular flexibility index (Phi) is 0.901. The Balaban J connectivity index is 3.14. The fourth-order valence-corrected chi connectivity index (χ4v) is 0.555. The molecule has 2 N–H and O–H groups in total. The summed E-state index contributed by atoms with van der Waals surface area (Å²) in [5, 5.41) is 17.3. The lowest BCUT2D eigenvalue weighted by atomic mass is 10.6. The molecule has 0 unspecified atom stereocenters. The molecule has 1 rings (SSSR count). The number of hydrogen-bond donors (Lipinski definition) is 2. The first-order valence-corrected chi connectivity index (χ1v) is 2.24. The lowest BCUT2D eigenvalue weighted by molar-refractivity contribution is 0.407. The van der Waals surface area contributed by atoms with Gasteiger partial charge in [0, 0.05) is 19.4 Å². The minimum atomic E-state index is -0.0764. The van der Waals surface area contributed by atoms with Gasteiger partial charge in [-0.25, -0.2) is 0 Å². The first-order valence-electron chi connectivity index (χ1n) is 2.24. The van der Waals surface area contributed by atoms with Crippen LogP contribution in [0.2, 0.25) is 0 Å². The molecule has 8 heavy (non-hydrogen) atoms. The summed E-state index contributed by atoms with van der Waals surface area (Å²) in [7, 11) is 1.72. The molecule has 0 radical (unpaired) electrons. The molecule has 0 aliphatic carbocycles. The number of aromatic hydroxyl groups is 2. The molecule has 0 saturated carbocycles. The number of rotatable bonds is 0. The van der Waals surface area contributed by atoms with Crippen molar-refractivity contribution in [2.45, 2.75) is 0 Å². The number of aryl methyl sites for hydroxylation is 1. The maximum atomic E-state index is 8.67. The van der Waals surface area contributed by atoms with Crippen LogP contribution in [0.15, 0.2) is 12.4 Å². The predicted molar refractivity (Wildman–Crippen MR) is 28.7 cm³/mol. The van der Waals surface area contributed by atoms with Gasteiger partial charge in [0.25, 0.3) is 0 Å². The summed E-state index contributed by atoms with van der Waals surface area (Å²) in [6, 6.07) is 0. The molecule has 1 heterocycles. The third-order valence-corrected chi connectivity index (χ3v) is 0.914. The van der Waals surface area contributed by atoms with Gasteiger partial charge in [-0.1, -0.05) is 0 Å². The zero-order chi connectivity index (χ0) is 6.15. The van der Waals surface area contributed by atoms with Crippen LogP contribution in [-0.4, -0.2) is 14.8 Å². The topological polar surface area (TPSA) is 45.4 Å². The van der Waals surface area contributed by atoms with Crippen LogP contribution in [0, 0.1) is 0 Å². The molecule has 1 aromatic heterocycles. The summed E-state index contributed by atoms with van der Waals surface area (Å²) < 4.78 is 1.57. The average Bonchev–Trinajstić information content (AvgIpc) is 1.85. The summed E-state index contributed by atoms with van der Waals surface area (Å²) in [6.07, 6.45) is 2.85. The van der Waals surface area contributed by atoms with Gasteiger partial charge in [0.1, 0.15) is 0 Å². The zero-order valence-corrected chi connectivity index (χ0v) is 4.50. The van der Waals surface area contributed by atoms with E-state index in [1.807, 2.05) is 0 Å². The third kappa shape index (κ3) is 0.621. The summed E-state index contributed by atoms with van der Waals surface area (Å²) in [5.41, 5.74) is 0. The van der Waals surface area contributed by atoms with E-state index in [1.54, 1.807) is 11.6 Å². The molecule has 44 valence electrons. The normalized spacial score (nSPS) is 9.62. The zero-order valence-electron chi connectivity index (χ0n) is 4.50. The van der Waals surface area contributed by atoms with Crippen LogP contribution >= 0.6 is 0 Å². The Morgan fingerprint density at radius 2 is 1.62 bits per heavy atom. The lowest BCUT2D eigenvalue weighted by Crippen LogP contribution is -1.76. The Labute approximate surface area is 46.8 Å². The van der Waals surface area contributed by atoms with Crippen molar-refractivity contribution in [3.63, 3.8) is 0 Å². The van der Waals surface area contributed by atoms with Crippen molar-refractivity contribution in [1.82, 2.24) is 4.57 Å². The number of nitrogens with zero attached hydrogens (tertiary/aromatic N) is 1. The van der Waals surface area contributed by atoms with Crippen LogP contribution in [0.4, 0.5) is 0 Å². The van der Waals surface area contributed by atoms with Gasteiger partial charge >= 0.3 is 0 Å². The third-order valence-electron chi connectivity index (χ3n) is 0.914. The molecular weight excluding hydrogens is 106 g/mol. The minimum absolute atomic E-state index is 0.0764. The maximum Gasteiger partial charge on any atom is 0.175 e. The fraction of sp³-hybridized carbons (Fsp3) is 0.200. The molecule has 0 spiro atoms. The maximum absolute atomic E-state index is 8.67. The van der Waals surface area contributed by atoms with Gasteiger partial charge in [-0.15, -0.1) is 0 Å². The smallest absolute Gasteiger partial charge is 0.175 e. The van der Waals surface area contributed by atoms with Crippen LogP contribution in [0.1, 0.15) is 0 Å². The minimum Gasteiger partial charge on any atom is -0.503 e. The molecule has 0 aliphatic rings. The average molecular weight is 113 g/mol. The van der Waals surface area contributed by atoms with E-state index in [0.29, 0.717) is 0 Å². The highest BCUT2D eigenvalue weighted by Crippen LogP contribution is 2.23. The van der Waals surface area contributed by atoms with Crippen molar-refractivity contribution < 1.29 is 10.2 Å². The highest BCUT2D eigenvalue weighted by molar-refractivity contribution is 5.34. The Morgan fingerprint density at radius 1 is 1.25 bits per heavy atom. The Bertz CT molecular complexity index is 173. The van der Waals surface area contributed by atoms with E-state index in [-0.39, 0.29) is 11.5 Å². The van der Waals surface area contributed by atoms with E-state index in [2.05, 4.69) is 0 Å². The second kappa shape index (κ2) is 1.43. The van der Waals surface area contributed by atoms with Crippen molar-refractivity contribution in [1.29, 1.82) is 0 Å². The molecule has 0 aliphatic heterocycles. The molecule has 0 bridgehead atoms. The van der Waals surface area contributed by atoms with Crippen molar-refractivity contribution >= 4 is 0 Å². The van der Waals surface area contributed by atoms with Gasteiger partial charge in [-0.3, -0.25) is 0 Å². The molecule has 0 atom stereocenters. The largest absolute Gasteiger partial charge is 0.503 e. The van der Waals surface area contributed by atoms with E-state index in [4.69, 9.17) is 10.2 Å². The van der Waals surface area contributed by atoms with Crippen LogP contribution in [0.25, 0.3) is 0 Å². The van der Waals surface area contributed by atoms with Crippen LogP contribution in [0.5, 0.6) is 11.5 Å². The quantitative estimate of drug-likeness (QED) is 0.512. The molecule has 3 nitrogen and oxygen atoms in total. The van der Waals surface area contributed by atoms with Crippen molar-refractivity contribution in [3.8, 4) is 11.5 Å². The van der Waals surface area contributed by atoms with Gasteiger partial charge in [-0.2, -0.15) is 0 Å². The molecule has 0 saturated heterocycles. The van der Waals surface area contributed by atoms with Crippen molar-refractivity contribution in [2.75, 3.05) is 0 Å². The van der Waals surface area contributed by atoms with Crippen LogP contribution < -0.4 is 0 Å². The van der Waals surface area contributed by atoms with Gasteiger partial charge in [0.15, 0.2) is 11.5 Å². The van der Waals surface area contributed by atoms with E-state index in [1.165, 1.54) is 12.4 Å².